The summed E-state index contributed by atoms with van der Waals surface area (Å²) in [5, 5.41) is 11.5. The van der Waals surface area contributed by atoms with Gasteiger partial charge in [-0.1, -0.05) is 26.7 Å². The lowest BCUT2D eigenvalue weighted by Gasteiger charge is -2.35. The fourth-order valence-electron chi connectivity index (χ4n) is 2.49. The molecule has 5 nitrogen and oxygen atoms in total. The van der Waals surface area contributed by atoms with Crippen molar-refractivity contribution in [2.24, 2.45) is 17.6 Å². The van der Waals surface area contributed by atoms with Crippen molar-refractivity contribution in [2.45, 2.75) is 58.0 Å². The molecule has 4 N–H and O–H groups in total. The van der Waals surface area contributed by atoms with Crippen LogP contribution in [0.2, 0.25) is 0 Å². The van der Waals surface area contributed by atoms with Gasteiger partial charge in [0.1, 0.15) is 0 Å². The second kappa shape index (κ2) is 6.73. The van der Waals surface area contributed by atoms with Gasteiger partial charge >= 0.3 is 5.97 Å². The van der Waals surface area contributed by atoms with Gasteiger partial charge in [0.15, 0.2) is 0 Å². The summed E-state index contributed by atoms with van der Waals surface area (Å²) in [7, 11) is 0. The third kappa shape index (κ3) is 4.29. The van der Waals surface area contributed by atoms with Crippen molar-refractivity contribution in [1.82, 2.24) is 5.32 Å². The maximum absolute atomic E-state index is 11.8. The summed E-state index contributed by atoms with van der Waals surface area (Å²) in [6, 6.07) is -0.539. The molecule has 104 valence electrons. The summed E-state index contributed by atoms with van der Waals surface area (Å²) in [6.45, 7) is 4.35. The van der Waals surface area contributed by atoms with Crippen LogP contribution in [0, 0.1) is 11.8 Å². The first-order valence-electron chi connectivity index (χ1n) is 6.69. The normalized spacial score (nSPS) is 29.6. The number of rotatable bonds is 5. The van der Waals surface area contributed by atoms with Crippen molar-refractivity contribution in [3.05, 3.63) is 0 Å². The number of nitrogens with two attached hydrogens (primary N) is 1. The lowest BCUT2D eigenvalue weighted by atomic mass is 9.78. The van der Waals surface area contributed by atoms with E-state index in [0.717, 1.165) is 12.8 Å². The number of hydrogen-bond donors (Lipinski definition) is 3. The molecule has 1 aliphatic rings. The molecule has 4 unspecified atom stereocenters. The Morgan fingerprint density at radius 3 is 2.67 bits per heavy atom. The maximum atomic E-state index is 11.8. The molecule has 4 atom stereocenters. The monoisotopic (exact) mass is 256 g/mol. The van der Waals surface area contributed by atoms with E-state index in [1.165, 1.54) is 6.42 Å². The quantitative estimate of drug-likeness (QED) is 0.687. The first-order valence-corrected chi connectivity index (χ1v) is 6.69. The lowest BCUT2D eigenvalue weighted by Crippen LogP contribution is -2.49. The first kappa shape index (κ1) is 15.0. The Morgan fingerprint density at radius 2 is 2.06 bits per heavy atom. The Kier molecular flexibility index (Phi) is 5.59. The van der Waals surface area contributed by atoms with Crippen LogP contribution in [0.15, 0.2) is 0 Å². The average molecular weight is 256 g/mol. The second-order valence-electron chi connectivity index (χ2n) is 5.42. The molecule has 0 saturated heterocycles. The largest absolute Gasteiger partial charge is 0.481 e. The van der Waals surface area contributed by atoms with Crippen LogP contribution in [0.1, 0.15) is 46.0 Å². The number of carboxylic acids is 1. The fourth-order valence-corrected chi connectivity index (χ4v) is 2.49. The van der Waals surface area contributed by atoms with Crippen LogP contribution in [0.5, 0.6) is 0 Å². The van der Waals surface area contributed by atoms with Crippen molar-refractivity contribution in [1.29, 1.82) is 0 Å². The predicted molar refractivity (Wildman–Crippen MR) is 69.0 cm³/mol. The molecule has 0 bridgehead atoms. The molecule has 0 aromatic carbocycles. The standard InChI is InChI=1S/C13H24N2O3/c1-8-4-3-5-11(9(8)2)15-13(18)10(14)6-7-12(16)17/h8-11H,3-7,14H2,1-2H3,(H,15,18)(H,16,17). The molecule has 0 aliphatic heterocycles. The van der Waals surface area contributed by atoms with Gasteiger partial charge in [-0.25, -0.2) is 0 Å². The molecule has 0 spiro atoms. The zero-order valence-corrected chi connectivity index (χ0v) is 11.2. The highest BCUT2D eigenvalue weighted by molar-refractivity contribution is 5.82. The summed E-state index contributed by atoms with van der Waals surface area (Å²) in [4.78, 5) is 22.3. The molecular weight excluding hydrogens is 232 g/mol. The Morgan fingerprint density at radius 1 is 1.39 bits per heavy atom. The van der Waals surface area contributed by atoms with Crippen molar-refractivity contribution < 1.29 is 14.7 Å². The molecule has 0 aromatic rings. The highest BCUT2D eigenvalue weighted by atomic mass is 16.4. The predicted octanol–water partition coefficient (Wildman–Crippen LogP) is 1.12. The molecule has 0 radical (unpaired) electrons. The Hall–Kier alpha value is -1.10. The topological polar surface area (TPSA) is 92.4 Å². The number of amides is 1. The van der Waals surface area contributed by atoms with Gasteiger partial charge in [-0.15, -0.1) is 0 Å². The van der Waals surface area contributed by atoms with Crippen LogP contribution >= 0.6 is 0 Å². The Balaban J connectivity index is 2.40. The second-order valence-corrected chi connectivity index (χ2v) is 5.42. The maximum Gasteiger partial charge on any atom is 0.303 e. The van der Waals surface area contributed by atoms with Gasteiger partial charge in [0.25, 0.3) is 0 Å². The zero-order chi connectivity index (χ0) is 13.7. The number of carbonyl (C=O) groups is 2. The number of carbonyl (C=O) groups excluding carboxylic acids is 1. The van der Waals surface area contributed by atoms with Crippen LogP contribution in [-0.2, 0) is 9.59 Å². The van der Waals surface area contributed by atoms with Gasteiger partial charge in [-0.05, 0) is 24.7 Å². The van der Waals surface area contributed by atoms with E-state index in [-0.39, 0.29) is 24.8 Å². The van der Waals surface area contributed by atoms with E-state index in [0.29, 0.717) is 11.8 Å². The van der Waals surface area contributed by atoms with E-state index < -0.39 is 12.0 Å². The van der Waals surface area contributed by atoms with Crippen LogP contribution in [-0.4, -0.2) is 29.1 Å². The number of hydrogen-bond acceptors (Lipinski definition) is 3. The first-order chi connectivity index (χ1) is 8.41. The van der Waals surface area contributed by atoms with Gasteiger partial charge in [0, 0.05) is 12.5 Å². The fraction of sp³-hybridized carbons (Fsp3) is 0.846. The van der Waals surface area contributed by atoms with E-state index >= 15 is 0 Å². The summed E-state index contributed by atoms with van der Waals surface area (Å²) < 4.78 is 0. The minimum Gasteiger partial charge on any atom is -0.481 e. The minimum absolute atomic E-state index is 0.0643. The highest BCUT2D eigenvalue weighted by Gasteiger charge is 2.29. The molecule has 18 heavy (non-hydrogen) atoms. The number of aliphatic carboxylic acids is 1. The Bertz CT molecular complexity index is 307. The average Bonchev–Trinajstić information content (AvgIpc) is 2.31. The zero-order valence-electron chi connectivity index (χ0n) is 11.2. The SMILES string of the molecule is CC1CCCC(NC(=O)C(N)CCC(=O)O)C1C. The van der Waals surface area contributed by atoms with Crippen LogP contribution < -0.4 is 11.1 Å². The van der Waals surface area contributed by atoms with Crippen LogP contribution in [0.25, 0.3) is 0 Å². The molecule has 0 heterocycles. The van der Waals surface area contributed by atoms with Crippen LogP contribution in [0.3, 0.4) is 0 Å². The van der Waals surface area contributed by atoms with Crippen LogP contribution in [0.4, 0.5) is 0 Å². The number of carboxylic acid groups (broad SMARTS) is 1. The molecule has 5 heteroatoms. The van der Waals surface area contributed by atoms with Gasteiger partial charge in [-0.3, -0.25) is 9.59 Å². The molecule has 0 aromatic heterocycles. The van der Waals surface area contributed by atoms with Crippen molar-refractivity contribution in [3.8, 4) is 0 Å². The molecule has 1 saturated carbocycles. The third-order valence-corrected chi connectivity index (χ3v) is 4.04. The van der Waals surface area contributed by atoms with Crippen molar-refractivity contribution >= 4 is 11.9 Å². The molecular formula is C13H24N2O3. The number of nitrogens with one attached hydrogen (secondary N) is 1. The molecule has 1 amide bonds. The molecule has 1 aliphatic carbocycles. The van der Waals surface area contributed by atoms with E-state index in [1.54, 1.807) is 0 Å². The van der Waals surface area contributed by atoms with Gasteiger partial charge < -0.3 is 16.2 Å². The summed E-state index contributed by atoms with van der Waals surface area (Å²) in [5.41, 5.74) is 5.69. The summed E-state index contributed by atoms with van der Waals surface area (Å²) in [5.74, 6) is -0.0752. The van der Waals surface area contributed by atoms with E-state index in [4.69, 9.17) is 10.8 Å². The molecule has 1 fully saturated rings. The Labute approximate surface area is 108 Å². The van der Waals surface area contributed by atoms with Crippen molar-refractivity contribution in [2.75, 3.05) is 0 Å². The highest BCUT2D eigenvalue weighted by Crippen LogP contribution is 2.29. The van der Waals surface area contributed by atoms with Crippen molar-refractivity contribution in [3.63, 3.8) is 0 Å². The van der Waals surface area contributed by atoms with E-state index in [1.807, 2.05) is 0 Å². The summed E-state index contributed by atoms with van der Waals surface area (Å²) >= 11 is 0. The smallest absolute Gasteiger partial charge is 0.303 e. The van der Waals surface area contributed by atoms with E-state index in [2.05, 4.69) is 19.2 Å². The lowest BCUT2D eigenvalue weighted by molar-refractivity contribution is -0.137. The third-order valence-electron chi connectivity index (χ3n) is 4.04. The van der Waals surface area contributed by atoms with E-state index in [9.17, 15) is 9.59 Å². The minimum atomic E-state index is -0.919. The van der Waals surface area contributed by atoms with Gasteiger partial charge in [-0.2, -0.15) is 0 Å². The van der Waals surface area contributed by atoms with Gasteiger partial charge in [0.2, 0.25) is 5.91 Å². The summed E-state index contributed by atoms with van der Waals surface area (Å²) in [6.07, 6.45) is 3.45. The van der Waals surface area contributed by atoms with Gasteiger partial charge in [0.05, 0.1) is 6.04 Å². The molecule has 1 rings (SSSR count).